The molecule has 1 saturated carbocycles. The highest BCUT2D eigenvalue weighted by molar-refractivity contribution is 7.99. The van der Waals surface area contributed by atoms with E-state index < -0.39 is 0 Å². The molecule has 1 unspecified atom stereocenters. The molecular weight excluding hydrogens is 340 g/mol. The molecule has 1 saturated heterocycles. The van der Waals surface area contributed by atoms with Crippen molar-refractivity contribution in [2.45, 2.75) is 25.3 Å². The minimum absolute atomic E-state index is 0.0560. The molecule has 2 amide bonds. The maximum absolute atomic E-state index is 12.5. The van der Waals surface area contributed by atoms with Gasteiger partial charge in [-0.1, -0.05) is 6.07 Å². The second kappa shape index (κ2) is 7.99. The number of benzene rings is 1. The van der Waals surface area contributed by atoms with Crippen molar-refractivity contribution in [3.63, 3.8) is 0 Å². The molecular formula is C18H24N2O4S. The lowest BCUT2D eigenvalue weighted by Crippen LogP contribution is -2.48. The van der Waals surface area contributed by atoms with E-state index in [1.807, 2.05) is 18.2 Å². The SMILES string of the molecule is COc1ccc(CCNC(=O)C2CSCN2C(=O)C2CC2)cc1OC. The van der Waals surface area contributed by atoms with Gasteiger partial charge in [-0.2, -0.15) is 0 Å². The van der Waals surface area contributed by atoms with Gasteiger partial charge in [0.05, 0.1) is 20.1 Å². The molecule has 25 heavy (non-hydrogen) atoms. The predicted molar refractivity (Wildman–Crippen MR) is 96.9 cm³/mol. The Bertz CT molecular complexity index is 648. The first-order chi connectivity index (χ1) is 12.1. The van der Waals surface area contributed by atoms with E-state index >= 15 is 0 Å². The zero-order chi connectivity index (χ0) is 17.8. The van der Waals surface area contributed by atoms with Gasteiger partial charge in [0.2, 0.25) is 11.8 Å². The van der Waals surface area contributed by atoms with Crippen LogP contribution in [-0.2, 0) is 16.0 Å². The van der Waals surface area contributed by atoms with Crippen molar-refractivity contribution in [2.24, 2.45) is 5.92 Å². The summed E-state index contributed by atoms with van der Waals surface area (Å²) in [6, 6.07) is 5.41. The molecule has 2 aliphatic rings. The molecule has 1 N–H and O–H groups in total. The van der Waals surface area contributed by atoms with Gasteiger partial charge in [-0.25, -0.2) is 0 Å². The number of carbonyl (C=O) groups is 2. The number of amides is 2. The molecule has 0 radical (unpaired) electrons. The number of hydrogen-bond donors (Lipinski definition) is 1. The van der Waals surface area contributed by atoms with Crippen molar-refractivity contribution < 1.29 is 19.1 Å². The van der Waals surface area contributed by atoms with Crippen molar-refractivity contribution in [1.29, 1.82) is 0 Å². The number of methoxy groups -OCH3 is 2. The third kappa shape index (κ3) is 4.21. The summed E-state index contributed by atoms with van der Waals surface area (Å²) in [7, 11) is 3.21. The quantitative estimate of drug-likeness (QED) is 0.797. The Hall–Kier alpha value is -1.89. The van der Waals surface area contributed by atoms with Gasteiger partial charge in [-0.3, -0.25) is 9.59 Å². The van der Waals surface area contributed by atoms with Crippen LogP contribution in [0.4, 0.5) is 0 Å². The molecule has 3 rings (SSSR count). The second-order valence-corrected chi connectivity index (χ2v) is 7.33. The average Bonchev–Trinajstić information content (AvgIpc) is 3.37. The number of nitrogens with one attached hydrogen (secondary N) is 1. The molecule has 1 aliphatic carbocycles. The maximum atomic E-state index is 12.5. The van der Waals surface area contributed by atoms with E-state index in [2.05, 4.69) is 5.32 Å². The minimum Gasteiger partial charge on any atom is -0.493 e. The van der Waals surface area contributed by atoms with E-state index in [1.165, 1.54) is 0 Å². The number of carbonyl (C=O) groups excluding carboxylic acids is 2. The van der Waals surface area contributed by atoms with Gasteiger partial charge in [0, 0.05) is 18.2 Å². The smallest absolute Gasteiger partial charge is 0.243 e. The Morgan fingerprint density at radius 2 is 2.00 bits per heavy atom. The molecule has 7 heteroatoms. The van der Waals surface area contributed by atoms with Gasteiger partial charge < -0.3 is 19.7 Å². The summed E-state index contributed by atoms with van der Waals surface area (Å²) < 4.78 is 10.5. The minimum atomic E-state index is -0.330. The zero-order valence-electron chi connectivity index (χ0n) is 14.6. The Morgan fingerprint density at radius 3 is 2.68 bits per heavy atom. The van der Waals surface area contributed by atoms with Crippen molar-refractivity contribution in [2.75, 3.05) is 32.4 Å². The molecule has 1 heterocycles. The van der Waals surface area contributed by atoms with E-state index in [4.69, 9.17) is 9.47 Å². The van der Waals surface area contributed by atoms with Gasteiger partial charge in [-0.05, 0) is 37.0 Å². The molecule has 1 aliphatic heterocycles. The third-order valence-electron chi connectivity index (χ3n) is 4.56. The van der Waals surface area contributed by atoms with Crippen LogP contribution in [0.15, 0.2) is 18.2 Å². The molecule has 6 nitrogen and oxygen atoms in total. The fraction of sp³-hybridized carbons (Fsp3) is 0.556. The number of hydrogen-bond acceptors (Lipinski definition) is 5. The van der Waals surface area contributed by atoms with Crippen LogP contribution in [0.25, 0.3) is 0 Å². The monoisotopic (exact) mass is 364 g/mol. The van der Waals surface area contributed by atoms with Crippen LogP contribution in [0.2, 0.25) is 0 Å². The van der Waals surface area contributed by atoms with Crippen LogP contribution in [0.3, 0.4) is 0 Å². The predicted octanol–water partition coefficient (Wildman–Crippen LogP) is 1.67. The van der Waals surface area contributed by atoms with Crippen LogP contribution in [0.5, 0.6) is 11.5 Å². The lowest BCUT2D eigenvalue weighted by molar-refractivity contribution is -0.138. The fourth-order valence-corrected chi connectivity index (χ4v) is 4.09. The highest BCUT2D eigenvalue weighted by atomic mass is 32.2. The number of rotatable bonds is 7. The third-order valence-corrected chi connectivity index (χ3v) is 5.57. The van der Waals surface area contributed by atoms with Crippen LogP contribution >= 0.6 is 11.8 Å². The standard InChI is InChI=1S/C18H24N2O4S/c1-23-15-6-3-12(9-16(15)24-2)7-8-19-17(21)14-10-25-11-20(14)18(22)13-4-5-13/h3,6,9,13-14H,4-5,7-8,10-11H2,1-2H3,(H,19,21). The Kier molecular flexibility index (Phi) is 5.73. The van der Waals surface area contributed by atoms with Crippen molar-refractivity contribution >= 4 is 23.6 Å². The summed E-state index contributed by atoms with van der Waals surface area (Å²) in [5.74, 6) is 2.92. The molecule has 136 valence electrons. The molecule has 0 aromatic heterocycles. The lowest BCUT2D eigenvalue weighted by Gasteiger charge is -2.23. The molecule has 1 atom stereocenters. The highest BCUT2D eigenvalue weighted by Gasteiger charge is 2.41. The summed E-state index contributed by atoms with van der Waals surface area (Å²) >= 11 is 1.64. The van der Waals surface area contributed by atoms with Gasteiger partial charge in [-0.15, -0.1) is 11.8 Å². The van der Waals surface area contributed by atoms with Crippen LogP contribution in [0.1, 0.15) is 18.4 Å². The van der Waals surface area contributed by atoms with E-state index in [9.17, 15) is 9.59 Å². The van der Waals surface area contributed by atoms with Crippen molar-refractivity contribution in [1.82, 2.24) is 10.2 Å². The first kappa shape index (κ1) is 17.9. The normalized spacial score (nSPS) is 19.6. The Labute approximate surface area is 152 Å². The van der Waals surface area contributed by atoms with Crippen molar-refractivity contribution in [3.05, 3.63) is 23.8 Å². The summed E-state index contributed by atoms with van der Waals surface area (Å²) in [4.78, 5) is 26.5. The molecule has 2 fully saturated rings. The van der Waals surface area contributed by atoms with Gasteiger partial charge in [0.15, 0.2) is 11.5 Å². The molecule has 1 aromatic carbocycles. The van der Waals surface area contributed by atoms with Crippen LogP contribution in [0, 0.1) is 5.92 Å². The summed E-state index contributed by atoms with van der Waals surface area (Å²) in [6.45, 7) is 0.529. The van der Waals surface area contributed by atoms with Gasteiger partial charge >= 0.3 is 0 Å². The topological polar surface area (TPSA) is 67.9 Å². The van der Waals surface area contributed by atoms with E-state index in [1.54, 1.807) is 30.9 Å². The van der Waals surface area contributed by atoms with Gasteiger partial charge in [0.1, 0.15) is 6.04 Å². The van der Waals surface area contributed by atoms with Gasteiger partial charge in [0.25, 0.3) is 0 Å². The first-order valence-corrected chi connectivity index (χ1v) is 9.66. The lowest BCUT2D eigenvalue weighted by atomic mass is 10.1. The first-order valence-electron chi connectivity index (χ1n) is 8.51. The maximum Gasteiger partial charge on any atom is 0.243 e. The van der Waals surface area contributed by atoms with Crippen LogP contribution < -0.4 is 14.8 Å². The summed E-state index contributed by atoms with van der Waals surface area (Å²) in [5.41, 5.74) is 1.06. The molecule has 0 bridgehead atoms. The zero-order valence-corrected chi connectivity index (χ0v) is 15.4. The van der Waals surface area contributed by atoms with Crippen molar-refractivity contribution in [3.8, 4) is 11.5 Å². The summed E-state index contributed by atoms with van der Waals surface area (Å²) in [5, 5.41) is 2.97. The highest BCUT2D eigenvalue weighted by Crippen LogP contribution is 2.34. The summed E-state index contributed by atoms with van der Waals surface area (Å²) in [6.07, 6.45) is 2.63. The fourth-order valence-electron chi connectivity index (χ4n) is 2.93. The largest absolute Gasteiger partial charge is 0.493 e. The Balaban J connectivity index is 1.51. The second-order valence-electron chi connectivity index (χ2n) is 6.33. The van der Waals surface area contributed by atoms with E-state index in [0.717, 1.165) is 18.4 Å². The Morgan fingerprint density at radius 1 is 1.24 bits per heavy atom. The van der Waals surface area contributed by atoms with E-state index in [-0.39, 0.29) is 23.8 Å². The molecule has 0 spiro atoms. The van der Waals surface area contributed by atoms with Crippen LogP contribution in [-0.4, -0.2) is 55.2 Å². The van der Waals surface area contributed by atoms with E-state index in [0.29, 0.717) is 36.1 Å². The number of ether oxygens (including phenoxy) is 2. The molecule has 1 aromatic rings. The average molecular weight is 364 g/mol. The number of nitrogens with zero attached hydrogens (tertiary/aromatic N) is 1. The number of thioether (sulfide) groups is 1.